The van der Waals surface area contributed by atoms with E-state index in [4.69, 9.17) is 4.84 Å². The fourth-order valence-corrected chi connectivity index (χ4v) is 2.74. The summed E-state index contributed by atoms with van der Waals surface area (Å²) < 4.78 is 0. The number of fused-ring (bicyclic) bond motifs is 1. The second-order valence-electron chi connectivity index (χ2n) is 5.50. The molecule has 0 amide bonds. The molecule has 5 heteroatoms. The first-order valence-corrected chi connectivity index (χ1v) is 7.36. The Kier molecular flexibility index (Phi) is 3.11. The first-order chi connectivity index (χ1) is 10.9. The number of pyridine rings is 1. The number of aromatic nitrogens is 3. The number of hydrogen-bond acceptors (Lipinski definition) is 4. The number of H-pyrrole nitrogens is 1. The predicted octanol–water partition coefficient (Wildman–Crippen LogP) is 3.39. The second-order valence-corrected chi connectivity index (χ2v) is 5.50. The summed E-state index contributed by atoms with van der Waals surface area (Å²) in [4.78, 5) is 16.9. The van der Waals surface area contributed by atoms with Gasteiger partial charge in [0, 0.05) is 29.4 Å². The number of nitrogens with zero attached hydrogens (tertiary/aromatic N) is 3. The minimum absolute atomic E-state index is 0.476. The predicted molar refractivity (Wildman–Crippen MR) is 85.6 cm³/mol. The molecule has 2 aromatic heterocycles. The molecule has 0 bridgehead atoms. The number of nitrogens with one attached hydrogen (secondary N) is 1. The fourth-order valence-electron chi connectivity index (χ4n) is 2.74. The lowest BCUT2D eigenvalue weighted by Crippen LogP contribution is -2.06. The summed E-state index contributed by atoms with van der Waals surface area (Å²) >= 11 is 0. The monoisotopic (exact) mass is 292 g/mol. The zero-order valence-electron chi connectivity index (χ0n) is 12.3. The van der Waals surface area contributed by atoms with Crippen molar-refractivity contribution in [2.45, 2.75) is 12.8 Å². The molecule has 5 nitrogen and oxygen atoms in total. The largest absolute Gasteiger partial charge is 0.399 e. The summed E-state index contributed by atoms with van der Waals surface area (Å²) in [5.74, 6) is 0.476. The molecule has 0 atom stereocenters. The van der Waals surface area contributed by atoms with Gasteiger partial charge in [-0.25, -0.2) is 4.98 Å². The third-order valence-corrected chi connectivity index (χ3v) is 3.95. The van der Waals surface area contributed by atoms with E-state index in [2.05, 4.69) is 38.3 Å². The van der Waals surface area contributed by atoms with E-state index in [1.54, 1.807) is 19.6 Å². The summed E-state index contributed by atoms with van der Waals surface area (Å²) in [7, 11) is 1.59. The Bertz CT molecular complexity index is 834. The molecule has 2 heterocycles. The van der Waals surface area contributed by atoms with Crippen LogP contribution in [0, 0.1) is 5.92 Å². The van der Waals surface area contributed by atoms with Crippen molar-refractivity contribution < 1.29 is 4.84 Å². The zero-order valence-corrected chi connectivity index (χ0v) is 12.3. The highest BCUT2D eigenvalue weighted by Gasteiger charge is 2.31. The Hall–Kier alpha value is -2.69. The first-order valence-electron chi connectivity index (χ1n) is 7.36. The van der Waals surface area contributed by atoms with Gasteiger partial charge in [-0.15, -0.1) is 0 Å². The summed E-state index contributed by atoms with van der Waals surface area (Å²) in [6.07, 6.45) is 7.68. The van der Waals surface area contributed by atoms with Crippen LogP contribution in [0.15, 0.2) is 48.1 Å². The minimum atomic E-state index is 0.476. The van der Waals surface area contributed by atoms with Crippen LogP contribution in [0.4, 0.5) is 0 Å². The van der Waals surface area contributed by atoms with Gasteiger partial charge in [-0.05, 0) is 36.6 Å². The van der Waals surface area contributed by atoms with Gasteiger partial charge in [0.2, 0.25) is 0 Å². The lowest BCUT2D eigenvalue weighted by molar-refractivity contribution is 0.212. The van der Waals surface area contributed by atoms with Crippen molar-refractivity contribution in [1.29, 1.82) is 0 Å². The fraction of sp³-hybridized carbons (Fsp3) is 0.235. The smallest absolute Gasteiger partial charge is 0.106 e. The van der Waals surface area contributed by atoms with Gasteiger partial charge >= 0.3 is 0 Å². The number of aromatic amines is 1. The van der Waals surface area contributed by atoms with E-state index >= 15 is 0 Å². The molecule has 0 radical (unpaired) electrons. The Labute approximate surface area is 128 Å². The average Bonchev–Trinajstić information content (AvgIpc) is 3.29. The van der Waals surface area contributed by atoms with E-state index in [-0.39, 0.29) is 0 Å². The maximum Gasteiger partial charge on any atom is 0.106 e. The molecular formula is C17H16N4O. The van der Waals surface area contributed by atoms with Crippen molar-refractivity contribution in [3.63, 3.8) is 0 Å². The van der Waals surface area contributed by atoms with Crippen LogP contribution >= 0.6 is 0 Å². The van der Waals surface area contributed by atoms with Crippen LogP contribution < -0.4 is 0 Å². The number of oxime groups is 1. The molecule has 1 saturated carbocycles. The highest BCUT2D eigenvalue weighted by atomic mass is 16.6. The third kappa shape index (κ3) is 2.24. The number of benzene rings is 1. The molecule has 1 aliphatic rings. The lowest BCUT2D eigenvalue weighted by atomic mass is 9.98. The van der Waals surface area contributed by atoms with Crippen LogP contribution in [0.2, 0.25) is 0 Å². The SMILES string of the molecule is CON=C(c1cc(-c2cccnc2)cc2[nH]cnc12)C1CC1. The Morgan fingerprint density at radius 2 is 2.23 bits per heavy atom. The normalized spacial score (nSPS) is 15.2. The summed E-state index contributed by atoms with van der Waals surface area (Å²) in [6.45, 7) is 0. The maximum absolute atomic E-state index is 5.07. The molecular weight excluding hydrogens is 276 g/mol. The number of imidazole rings is 1. The third-order valence-electron chi connectivity index (χ3n) is 3.95. The van der Waals surface area contributed by atoms with Gasteiger partial charge < -0.3 is 9.82 Å². The molecule has 1 fully saturated rings. The van der Waals surface area contributed by atoms with E-state index in [0.29, 0.717) is 5.92 Å². The summed E-state index contributed by atoms with van der Waals surface area (Å²) in [5.41, 5.74) is 6.15. The Morgan fingerprint density at radius 3 is 2.95 bits per heavy atom. The highest BCUT2D eigenvalue weighted by Crippen LogP contribution is 2.36. The van der Waals surface area contributed by atoms with Gasteiger partial charge in [0.25, 0.3) is 0 Å². The second kappa shape index (κ2) is 5.26. The Morgan fingerprint density at radius 1 is 1.32 bits per heavy atom. The summed E-state index contributed by atoms with van der Waals surface area (Å²) in [5, 5.41) is 4.27. The molecule has 3 aromatic rings. The lowest BCUT2D eigenvalue weighted by Gasteiger charge is -2.09. The van der Waals surface area contributed by atoms with Gasteiger partial charge in [0.15, 0.2) is 0 Å². The van der Waals surface area contributed by atoms with Crippen LogP contribution in [0.5, 0.6) is 0 Å². The van der Waals surface area contributed by atoms with Gasteiger partial charge in [-0.3, -0.25) is 4.98 Å². The van der Waals surface area contributed by atoms with Crippen molar-refractivity contribution in [2.24, 2.45) is 11.1 Å². The van der Waals surface area contributed by atoms with Gasteiger partial charge in [-0.2, -0.15) is 0 Å². The number of rotatable bonds is 4. The molecule has 0 spiro atoms. The summed E-state index contributed by atoms with van der Waals surface area (Å²) in [6, 6.07) is 8.23. The average molecular weight is 292 g/mol. The topological polar surface area (TPSA) is 63.2 Å². The van der Waals surface area contributed by atoms with E-state index in [1.807, 2.05) is 12.3 Å². The molecule has 1 aromatic carbocycles. The van der Waals surface area contributed by atoms with Gasteiger partial charge in [0.1, 0.15) is 7.11 Å². The molecule has 4 rings (SSSR count). The quantitative estimate of drug-likeness (QED) is 0.592. The van der Waals surface area contributed by atoms with Gasteiger partial charge in [0.05, 0.1) is 23.1 Å². The molecule has 1 aliphatic carbocycles. The molecule has 1 N–H and O–H groups in total. The van der Waals surface area contributed by atoms with Gasteiger partial charge in [-0.1, -0.05) is 11.2 Å². The molecule has 22 heavy (non-hydrogen) atoms. The molecule has 110 valence electrons. The zero-order chi connectivity index (χ0) is 14.9. The van der Waals surface area contributed by atoms with E-state index in [1.165, 1.54) is 0 Å². The van der Waals surface area contributed by atoms with Crippen LogP contribution in [0.3, 0.4) is 0 Å². The van der Waals surface area contributed by atoms with E-state index in [0.717, 1.165) is 46.3 Å². The van der Waals surface area contributed by atoms with Crippen molar-refractivity contribution in [1.82, 2.24) is 15.0 Å². The molecule has 0 saturated heterocycles. The standard InChI is InChI=1S/C17H16N4O/c1-22-21-16(11-4-5-11)14-7-13(12-3-2-6-18-9-12)8-15-17(14)20-10-19-15/h2-3,6-11H,4-5H2,1H3,(H,19,20). The van der Waals surface area contributed by atoms with Crippen LogP contribution in [0.25, 0.3) is 22.2 Å². The molecule has 0 unspecified atom stereocenters. The van der Waals surface area contributed by atoms with E-state index in [9.17, 15) is 0 Å². The van der Waals surface area contributed by atoms with Crippen molar-refractivity contribution in [3.8, 4) is 11.1 Å². The van der Waals surface area contributed by atoms with Crippen molar-refractivity contribution in [3.05, 3.63) is 48.5 Å². The Balaban J connectivity index is 1.93. The number of hydrogen-bond donors (Lipinski definition) is 1. The van der Waals surface area contributed by atoms with Crippen LogP contribution in [-0.2, 0) is 4.84 Å². The van der Waals surface area contributed by atoms with Crippen molar-refractivity contribution >= 4 is 16.7 Å². The first kappa shape index (κ1) is 13.0. The minimum Gasteiger partial charge on any atom is -0.399 e. The van der Waals surface area contributed by atoms with Crippen molar-refractivity contribution in [2.75, 3.05) is 7.11 Å². The maximum atomic E-state index is 5.07. The van der Waals surface area contributed by atoms with E-state index < -0.39 is 0 Å². The highest BCUT2D eigenvalue weighted by molar-refractivity contribution is 6.12. The van der Waals surface area contributed by atoms with Crippen LogP contribution in [0.1, 0.15) is 18.4 Å². The van der Waals surface area contributed by atoms with Crippen LogP contribution in [-0.4, -0.2) is 27.8 Å². The molecule has 0 aliphatic heterocycles.